The van der Waals surface area contributed by atoms with Crippen LogP contribution >= 0.6 is 0 Å². The molecule has 0 heterocycles. The molecule has 1 N–H and O–H groups in total. The number of aliphatic imine (C=N–C) groups is 1. The van der Waals surface area contributed by atoms with Crippen molar-refractivity contribution in [3.63, 3.8) is 0 Å². The van der Waals surface area contributed by atoms with Crippen molar-refractivity contribution in [2.45, 2.75) is 26.3 Å². The molecule has 0 saturated carbocycles. The fraction of sp³-hybridized carbons (Fsp3) is 0.385. The van der Waals surface area contributed by atoms with Gasteiger partial charge in [0.15, 0.2) is 6.19 Å². The summed E-state index contributed by atoms with van der Waals surface area (Å²) in [6, 6.07) is 7.81. The van der Waals surface area contributed by atoms with Crippen molar-refractivity contribution in [3.05, 3.63) is 29.8 Å². The van der Waals surface area contributed by atoms with Gasteiger partial charge in [-0.05, 0) is 19.4 Å². The Bertz CT molecular complexity index is 435. The molecule has 0 aliphatic carbocycles. The van der Waals surface area contributed by atoms with Crippen molar-refractivity contribution in [1.29, 1.82) is 5.26 Å². The predicted octanol–water partition coefficient (Wildman–Crippen LogP) is 2.64. The van der Waals surface area contributed by atoms with E-state index in [1.165, 1.54) is 0 Å². The van der Waals surface area contributed by atoms with E-state index in [-0.39, 0.29) is 6.04 Å². The van der Waals surface area contributed by atoms with E-state index < -0.39 is 0 Å². The van der Waals surface area contributed by atoms with Gasteiger partial charge in [0.25, 0.3) is 0 Å². The minimum atomic E-state index is 0.00648. The van der Waals surface area contributed by atoms with E-state index in [0.29, 0.717) is 5.84 Å². The molecule has 0 radical (unpaired) electrons. The van der Waals surface area contributed by atoms with Gasteiger partial charge in [-0.1, -0.05) is 25.1 Å². The summed E-state index contributed by atoms with van der Waals surface area (Å²) in [6.45, 7) is 3.83. The first kappa shape index (κ1) is 13.0. The third-order valence-electron chi connectivity index (χ3n) is 2.47. The highest BCUT2D eigenvalue weighted by atomic mass is 16.5. The molecule has 4 heteroatoms. The highest BCUT2D eigenvalue weighted by Gasteiger charge is 2.12. The Morgan fingerprint density at radius 3 is 2.82 bits per heavy atom. The van der Waals surface area contributed by atoms with Crippen molar-refractivity contribution in [2.75, 3.05) is 7.11 Å². The van der Waals surface area contributed by atoms with Gasteiger partial charge >= 0.3 is 0 Å². The van der Waals surface area contributed by atoms with Gasteiger partial charge in [0.05, 0.1) is 13.2 Å². The van der Waals surface area contributed by atoms with Crippen molar-refractivity contribution in [2.24, 2.45) is 4.99 Å². The average molecular weight is 231 g/mol. The summed E-state index contributed by atoms with van der Waals surface area (Å²) in [7, 11) is 1.65. The van der Waals surface area contributed by atoms with E-state index in [2.05, 4.69) is 17.2 Å². The van der Waals surface area contributed by atoms with Gasteiger partial charge < -0.3 is 4.74 Å². The lowest BCUT2D eigenvalue weighted by Gasteiger charge is -2.15. The molecule has 0 amide bonds. The number of hydrogen-bond donors (Lipinski definition) is 1. The molecule has 90 valence electrons. The molecule has 17 heavy (non-hydrogen) atoms. The summed E-state index contributed by atoms with van der Waals surface area (Å²) < 4.78 is 5.31. The normalized spacial score (nSPS) is 12.7. The van der Waals surface area contributed by atoms with E-state index >= 15 is 0 Å². The van der Waals surface area contributed by atoms with E-state index in [1.54, 1.807) is 14.0 Å². The van der Waals surface area contributed by atoms with Crippen LogP contribution in [0.4, 0.5) is 0 Å². The zero-order chi connectivity index (χ0) is 12.7. The summed E-state index contributed by atoms with van der Waals surface area (Å²) in [5.41, 5.74) is 1.04. The maximum Gasteiger partial charge on any atom is 0.182 e. The predicted molar refractivity (Wildman–Crippen MR) is 67.9 cm³/mol. The average Bonchev–Trinajstić information content (AvgIpc) is 2.36. The van der Waals surface area contributed by atoms with E-state index in [9.17, 15) is 0 Å². The van der Waals surface area contributed by atoms with Crippen LogP contribution < -0.4 is 10.1 Å². The molecule has 1 rings (SSSR count). The van der Waals surface area contributed by atoms with Crippen molar-refractivity contribution < 1.29 is 4.74 Å². The van der Waals surface area contributed by atoms with Gasteiger partial charge in [0, 0.05) is 5.56 Å². The van der Waals surface area contributed by atoms with Gasteiger partial charge in [-0.25, -0.2) is 0 Å². The molecule has 0 spiro atoms. The van der Waals surface area contributed by atoms with Gasteiger partial charge in [0.2, 0.25) is 0 Å². The lowest BCUT2D eigenvalue weighted by atomic mass is 10.0. The first-order chi connectivity index (χ1) is 8.22. The molecule has 0 fully saturated rings. The smallest absolute Gasteiger partial charge is 0.182 e. The van der Waals surface area contributed by atoms with Gasteiger partial charge in [-0.3, -0.25) is 10.3 Å². The Hall–Kier alpha value is -2.02. The quantitative estimate of drug-likeness (QED) is 0.375. The number of methoxy groups -OCH3 is 1. The second kappa shape index (κ2) is 6.54. The zero-order valence-electron chi connectivity index (χ0n) is 10.4. The van der Waals surface area contributed by atoms with Gasteiger partial charge in [0.1, 0.15) is 11.6 Å². The van der Waals surface area contributed by atoms with Crippen LogP contribution in [-0.4, -0.2) is 12.9 Å². The van der Waals surface area contributed by atoms with E-state index in [4.69, 9.17) is 10.00 Å². The van der Waals surface area contributed by atoms with Gasteiger partial charge in [-0.15, -0.1) is 0 Å². The standard InChI is InChI=1S/C13H17N3O/c1-4-12(16-10(2)15-9-14)11-7-5-6-8-13(11)17-3/h5-8,12H,4H2,1-3H3,(H,15,16). The monoisotopic (exact) mass is 231 g/mol. The van der Waals surface area contributed by atoms with Crippen molar-refractivity contribution in [1.82, 2.24) is 5.32 Å². The molecular weight excluding hydrogens is 214 g/mol. The number of rotatable bonds is 4. The number of ether oxygens (including phenoxy) is 1. The van der Waals surface area contributed by atoms with Crippen molar-refractivity contribution >= 4 is 5.84 Å². The largest absolute Gasteiger partial charge is 0.496 e. The fourth-order valence-electron chi connectivity index (χ4n) is 1.67. The van der Waals surface area contributed by atoms with Crippen LogP contribution in [0.15, 0.2) is 29.3 Å². The Kier molecular flexibility index (Phi) is 5.02. The Labute approximate surface area is 102 Å². The summed E-state index contributed by atoms with van der Waals surface area (Å²) >= 11 is 0. The van der Waals surface area contributed by atoms with Crippen LogP contribution in [-0.2, 0) is 0 Å². The SMILES string of the molecule is CCC(N=C(C)NC#N)c1ccccc1OC. The molecular formula is C13H17N3O. The van der Waals surface area contributed by atoms with Crippen LogP contribution in [0.5, 0.6) is 5.75 Å². The third kappa shape index (κ3) is 3.49. The summed E-state index contributed by atoms with van der Waals surface area (Å²) in [5, 5.41) is 11.1. The Morgan fingerprint density at radius 1 is 1.53 bits per heavy atom. The lowest BCUT2D eigenvalue weighted by molar-refractivity contribution is 0.405. The molecule has 0 aromatic heterocycles. The number of benzene rings is 1. The molecule has 1 aromatic carbocycles. The number of hydrogen-bond acceptors (Lipinski definition) is 3. The van der Waals surface area contributed by atoms with Crippen LogP contribution in [0.3, 0.4) is 0 Å². The maximum absolute atomic E-state index is 8.53. The molecule has 0 aliphatic rings. The first-order valence-electron chi connectivity index (χ1n) is 5.55. The molecule has 4 nitrogen and oxygen atoms in total. The number of amidine groups is 1. The zero-order valence-corrected chi connectivity index (χ0v) is 10.4. The first-order valence-corrected chi connectivity index (χ1v) is 5.55. The number of nitrogens with one attached hydrogen (secondary N) is 1. The summed E-state index contributed by atoms with van der Waals surface area (Å²) in [6.07, 6.45) is 2.72. The summed E-state index contributed by atoms with van der Waals surface area (Å²) in [5.74, 6) is 1.44. The molecule has 1 atom stereocenters. The maximum atomic E-state index is 8.53. The van der Waals surface area contributed by atoms with Crippen LogP contribution in [0.1, 0.15) is 31.9 Å². The second-order valence-corrected chi connectivity index (χ2v) is 3.62. The van der Waals surface area contributed by atoms with Crippen LogP contribution in [0.2, 0.25) is 0 Å². The molecule has 0 aliphatic heterocycles. The van der Waals surface area contributed by atoms with E-state index in [1.807, 2.05) is 30.5 Å². The highest BCUT2D eigenvalue weighted by Crippen LogP contribution is 2.29. The van der Waals surface area contributed by atoms with E-state index in [0.717, 1.165) is 17.7 Å². The minimum absolute atomic E-state index is 0.00648. The number of nitrogens with zero attached hydrogens (tertiary/aromatic N) is 2. The van der Waals surface area contributed by atoms with Crippen LogP contribution in [0, 0.1) is 11.5 Å². The molecule has 1 aromatic rings. The highest BCUT2D eigenvalue weighted by molar-refractivity contribution is 5.81. The second-order valence-electron chi connectivity index (χ2n) is 3.62. The molecule has 1 unspecified atom stereocenters. The minimum Gasteiger partial charge on any atom is -0.496 e. The molecule has 0 bridgehead atoms. The topological polar surface area (TPSA) is 57.4 Å². The third-order valence-corrected chi connectivity index (χ3v) is 2.47. The number of para-hydroxylation sites is 1. The molecule has 0 saturated heterocycles. The van der Waals surface area contributed by atoms with Crippen molar-refractivity contribution in [3.8, 4) is 11.9 Å². The Morgan fingerprint density at radius 2 is 2.24 bits per heavy atom. The lowest BCUT2D eigenvalue weighted by Crippen LogP contribution is -2.15. The Balaban J connectivity index is 3.02. The van der Waals surface area contributed by atoms with Gasteiger partial charge in [-0.2, -0.15) is 5.26 Å². The van der Waals surface area contributed by atoms with Crippen LogP contribution in [0.25, 0.3) is 0 Å². The fourth-order valence-corrected chi connectivity index (χ4v) is 1.67. The summed E-state index contributed by atoms with van der Waals surface area (Å²) in [4.78, 5) is 4.47. The number of nitriles is 1.